The Bertz CT molecular complexity index is 536. The van der Waals surface area contributed by atoms with Gasteiger partial charge in [-0.05, 0) is 18.1 Å². The van der Waals surface area contributed by atoms with Crippen molar-refractivity contribution in [2.24, 2.45) is 0 Å². The summed E-state index contributed by atoms with van der Waals surface area (Å²) in [6, 6.07) is 7.36. The van der Waals surface area contributed by atoms with Crippen LogP contribution in [0.2, 0.25) is 5.02 Å². The fourth-order valence-electron chi connectivity index (χ4n) is 2.52. The monoisotopic (exact) mass is 323 g/mol. The Kier molecular flexibility index (Phi) is 6.07. The van der Waals surface area contributed by atoms with E-state index in [4.69, 9.17) is 11.6 Å². The smallest absolute Gasteiger partial charge is 0.317 e. The third kappa shape index (κ3) is 4.37. The summed E-state index contributed by atoms with van der Waals surface area (Å²) in [6.45, 7) is 4.84. The zero-order valence-electron chi connectivity index (χ0n) is 12.8. The maximum Gasteiger partial charge on any atom is 0.317 e. The Morgan fingerprint density at radius 1 is 1.14 bits per heavy atom. The minimum absolute atomic E-state index is 0.106. The lowest BCUT2D eigenvalue weighted by molar-refractivity contribution is -0.130. The first-order valence-electron chi connectivity index (χ1n) is 7.65. The molecule has 120 valence electrons. The Hall–Kier alpha value is -1.75. The van der Waals surface area contributed by atoms with Gasteiger partial charge in [0.1, 0.15) is 0 Å². The number of hydrogen-bond acceptors (Lipinski definition) is 2. The molecular formula is C16H22ClN3O2. The molecule has 1 aliphatic heterocycles. The van der Waals surface area contributed by atoms with Crippen molar-refractivity contribution in [1.82, 2.24) is 15.1 Å². The molecular weight excluding hydrogens is 302 g/mol. The van der Waals surface area contributed by atoms with E-state index in [1.54, 1.807) is 4.90 Å². The fraction of sp³-hybridized carbons (Fsp3) is 0.500. The number of carbonyl (C=O) groups is 2. The summed E-state index contributed by atoms with van der Waals surface area (Å²) in [4.78, 5) is 27.6. The van der Waals surface area contributed by atoms with Crippen LogP contribution in [0.4, 0.5) is 4.79 Å². The molecule has 1 fully saturated rings. The third-order valence-corrected chi connectivity index (χ3v) is 4.19. The van der Waals surface area contributed by atoms with E-state index in [9.17, 15) is 9.59 Å². The van der Waals surface area contributed by atoms with E-state index in [2.05, 4.69) is 5.32 Å². The van der Waals surface area contributed by atoms with Gasteiger partial charge >= 0.3 is 6.03 Å². The number of carbonyl (C=O) groups excluding carboxylic acids is 2. The highest BCUT2D eigenvalue weighted by atomic mass is 35.5. The molecule has 0 aliphatic carbocycles. The van der Waals surface area contributed by atoms with Crippen LogP contribution in [0.25, 0.3) is 0 Å². The van der Waals surface area contributed by atoms with Gasteiger partial charge in [0.05, 0.1) is 0 Å². The average Bonchev–Trinajstić information content (AvgIpc) is 2.79. The van der Waals surface area contributed by atoms with E-state index in [1.807, 2.05) is 36.1 Å². The molecule has 1 heterocycles. The quantitative estimate of drug-likeness (QED) is 0.929. The van der Waals surface area contributed by atoms with Crippen molar-refractivity contribution in [2.45, 2.75) is 26.3 Å². The van der Waals surface area contributed by atoms with Gasteiger partial charge in [-0.3, -0.25) is 4.79 Å². The van der Waals surface area contributed by atoms with E-state index in [0.717, 1.165) is 18.5 Å². The van der Waals surface area contributed by atoms with Gasteiger partial charge in [-0.2, -0.15) is 0 Å². The summed E-state index contributed by atoms with van der Waals surface area (Å²) < 4.78 is 0. The van der Waals surface area contributed by atoms with Crippen molar-refractivity contribution < 1.29 is 9.59 Å². The number of hydrogen-bond donors (Lipinski definition) is 1. The maximum atomic E-state index is 12.2. The number of halogens is 1. The lowest BCUT2D eigenvalue weighted by Crippen LogP contribution is -2.42. The largest absolute Gasteiger partial charge is 0.341 e. The predicted octanol–water partition coefficient (Wildman–Crippen LogP) is 2.49. The van der Waals surface area contributed by atoms with Gasteiger partial charge in [0.2, 0.25) is 5.91 Å². The van der Waals surface area contributed by atoms with Crippen LogP contribution in [0.3, 0.4) is 0 Å². The average molecular weight is 324 g/mol. The van der Waals surface area contributed by atoms with Crippen LogP contribution in [-0.2, 0) is 11.3 Å². The van der Waals surface area contributed by atoms with Crippen molar-refractivity contribution in [3.05, 3.63) is 34.9 Å². The van der Waals surface area contributed by atoms with Crippen LogP contribution < -0.4 is 5.32 Å². The van der Waals surface area contributed by atoms with Gasteiger partial charge in [0.25, 0.3) is 0 Å². The molecule has 5 nitrogen and oxygen atoms in total. The van der Waals surface area contributed by atoms with Crippen LogP contribution in [0.1, 0.15) is 25.3 Å². The van der Waals surface area contributed by atoms with Gasteiger partial charge < -0.3 is 15.1 Å². The molecule has 0 unspecified atom stereocenters. The molecule has 1 aromatic carbocycles. The van der Waals surface area contributed by atoms with E-state index in [-0.39, 0.29) is 11.9 Å². The van der Waals surface area contributed by atoms with Crippen molar-refractivity contribution in [1.29, 1.82) is 0 Å². The second kappa shape index (κ2) is 8.03. The summed E-state index contributed by atoms with van der Waals surface area (Å²) in [5.41, 5.74) is 0.898. The molecule has 2 rings (SSSR count). The third-order valence-electron chi connectivity index (χ3n) is 3.83. The van der Waals surface area contributed by atoms with E-state index in [1.165, 1.54) is 0 Å². The number of nitrogens with zero attached hydrogens (tertiary/aromatic N) is 2. The van der Waals surface area contributed by atoms with E-state index >= 15 is 0 Å². The van der Waals surface area contributed by atoms with Gasteiger partial charge in [-0.25, -0.2) is 4.79 Å². The summed E-state index contributed by atoms with van der Waals surface area (Å²) in [7, 11) is 0. The number of urea groups is 1. The summed E-state index contributed by atoms with van der Waals surface area (Å²) in [5.74, 6) is 0.151. The van der Waals surface area contributed by atoms with Gasteiger partial charge in [0.15, 0.2) is 0 Å². The number of amides is 3. The first-order chi connectivity index (χ1) is 10.6. The minimum atomic E-state index is -0.106. The molecule has 3 amide bonds. The van der Waals surface area contributed by atoms with Crippen molar-refractivity contribution >= 4 is 23.5 Å². The molecule has 0 bridgehead atoms. The Labute approximate surface area is 136 Å². The SMILES string of the molecule is CCC(=O)N1CCCN(C(=O)NCc2ccccc2Cl)CC1. The minimum Gasteiger partial charge on any atom is -0.341 e. The molecule has 1 saturated heterocycles. The van der Waals surface area contributed by atoms with Crippen LogP contribution in [0.15, 0.2) is 24.3 Å². The first-order valence-corrected chi connectivity index (χ1v) is 8.03. The lowest BCUT2D eigenvalue weighted by Gasteiger charge is -2.22. The Morgan fingerprint density at radius 2 is 1.82 bits per heavy atom. The van der Waals surface area contributed by atoms with Gasteiger partial charge in [-0.1, -0.05) is 36.7 Å². The second-order valence-corrected chi connectivity index (χ2v) is 5.73. The summed E-state index contributed by atoms with van der Waals surface area (Å²) in [5, 5.41) is 3.55. The van der Waals surface area contributed by atoms with Crippen LogP contribution in [0, 0.1) is 0 Å². The molecule has 0 saturated carbocycles. The number of nitrogens with one attached hydrogen (secondary N) is 1. The second-order valence-electron chi connectivity index (χ2n) is 5.33. The number of rotatable bonds is 3. The Morgan fingerprint density at radius 3 is 2.55 bits per heavy atom. The van der Waals surface area contributed by atoms with Gasteiger partial charge in [-0.15, -0.1) is 0 Å². The van der Waals surface area contributed by atoms with Crippen molar-refractivity contribution in [3.8, 4) is 0 Å². The maximum absolute atomic E-state index is 12.2. The van der Waals surface area contributed by atoms with E-state index in [0.29, 0.717) is 37.6 Å². The van der Waals surface area contributed by atoms with Crippen LogP contribution in [-0.4, -0.2) is 47.9 Å². The van der Waals surface area contributed by atoms with E-state index < -0.39 is 0 Å². The zero-order chi connectivity index (χ0) is 15.9. The lowest BCUT2D eigenvalue weighted by atomic mass is 10.2. The normalized spacial score (nSPS) is 15.4. The van der Waals surface area contributed by atoms with Crippen LogP contribution in [0.5, 0.6) is 0 Å². The molecule has 0 radical (unpaired) electrons. The highest BCUT2D eigenvalue weighted by Crippen LogP contribution is 2.14. The number of benzene rings is 1. The molecule has 22 heavy (non-hydrogen) atoms. The predicted molar refractivity (Wildman–Crippen MR) is 86.7 cm³/mol. The standard InChI is InChI=1S/C16H22ClN3O2/c1-2-15(21)19-8-5-9-20(11-10-19)16(22)18-12-13-6-3-4-7-14(13)17/h3-4,6-7H,2,5,8-12H2,1H3,(H,18,22). The van der Waals surface area contributed by atoms with Crippen LogP contribution >= 0.6 is 11.6 Å². The zero-order valence-corrected chi connectivity index (χ0v) is 13.6. The molecule has 1 aliphatic rings. The van der Waals surface area contributed by atoms with Gasteiger partial charge in [0, 0.05) is 44.2 Å². The van der Waals surface area contributed by atoms with Crippen molar-refractivity contribution in [3.63, 3.8) is 0 Å². The van der Waals surface area contributed by atoms with Crippen molar-refractivity contribution in [2.75, 3.05) is 26.2 Å². The molecule has 0 atom stereocenters. The molecule has 1 N–H and O–H groups in total. The Balaban J connectivity index is 1.85. The highest BCUT2D eigenvalue weighted by molar-refractivity contribution is 6.31. The molecule has 6 heteroatoms. The topological polar surface area (TPSA) is 52.7 Å². The molecule has 0 aromatic heterocycles. The molecule has 0 spiro atoms. The summed E-state index contributed by atoms with van der Waals surface area (Å²) >= 11 is 6.08. The fourth-order valence-corrected chi connectivity index (χ4v) is 2.72. The molecule has 1 aromatic rings. The summed E-state index contributed by atoms with van der Waals surface area (Å²) in [6.07, 6.45) is 1.32. The highest BCUT2D eigenvalue weighted by Gasteiger charge is 2.21. The first kappa shape index (κ1) is 16.6.